The van der Waals surface area contributed by atoms with Crippen LogP contribution in [0.2, 0.25) is 10.0 Å². The van der Waals surface area contributed by atoms with Crippen molar-refractivity contribution in [2.75, 3.05) is 11.9 Å². The first-order valence-corrected chi connectivity index (χ1v) is 8.36. The summed E-state index contributed by atoms with van der Waals surface area (Å²) in [5, 5.41) is 5.88. The number of hydrogen-bond acceptors (Lipinski definition) is 2. The van der Waals surface area contributed by atoms with Crippen molar-refractivity contribution in [1.29, 1.82) is 0 Å². The molecule has 1 aromatic rings. The van der Waals surface area contributed by atoms with Crippen molar-refractivity contribution < 1.29 is 9.59 Å². The molecule has 0 saturated heterocycles. The van der Waals surface area contributed by atoms with Crippen molar-refractivity contribution >= 4 is 40.7 Å². The topological polar surface area (TPSA) is 58.2 Å². The molecule has 1 aromatic carbocycles. The Labute approximate surface area is 140 Å². The number of halogens is 2. The lowest BCUT2D eigenvalue weighted by Gasteiger charge is -2.10. The smallest absolute Gasteiger partial charge is 0.313 e. The quantitative estimate of drug-likeness (QED) is 0.627. The van der Waals surface area contributed by atoms with Crippen LogP contribution in [-0.2, 0) is 9.59 Å². The maximum absolute atomic E-state index is 11.8. The average Bonchev–Trinajstić information content (AvgIpc) is 3.00. The first-order chi connectivity index (χ1) is 10.6. The summed E-state index contributed by atoms with van der Waals surface area (Å²) < 4.78 is 0. The Bertz CT molecular complexity index is 543. The van der Waals surface area contributed by atoms with Crippen LogP contribution in [0.15, 0.2) is 18.2 Å². The van der Waals surface area contributed by atoms with E-state index in [1.165, 1.54) is 31.7 Å². The molecule has 0 bridgehead atoms. The zero-order valence-electron chi connectivity index (χ0n) is 12.3. The molecule has 0 aromatic heterocycles. The number of nitrogens with one attached hydrogen (secondary N) is 2. The highest BCUT2D eigenvalue weighted by Gasteiger charge is 2.16. The van der Waals surface area contributed by atoms with Crippen LogP contribution in [-0.4, -0.2) is 18.4 Å². The summed E-state index contributed by atoms with van der Waals surface area (Å²) in [5.41, 5.74) is 0.334. The van der Waals surface area contributed by atoms with Crippen molar-refractivity contribution in [3.8, 4) is 0 Å². The first kappa shape index (κ1) is 17.1. The van der Waals surface area contributed by atoms with Gasteiger partial charge in [0.1, 0.15) is 0 Å². The highest BCUT2D eigenvalue weighted by Crippen LogP contribution is 2.28. The Morgan fingerprint density at radius 2 is 1.86 bits per heavy atom. The van der Waals surface area contributed by atoms with Crippen LogP contribution in [0.25, 0.3) is 0 Å². The van der Waals surface area contributed by atoms with Gasteiger partial charge in [0.15, 0.2) is 0 Å². The number of benzene rings is 1. The van der Waals surface area contributed by atoms with Crippen LogP contribution in [0.1, 0.15) is 38.5 Å². The average molecular weight is 343 g/mol. The minimum absolute atomic E-state index is 0.334. The molecule has 1 aliphatic carbocycles. The third-order valence-electron chi connectivity index (χ3n) is 3.93. The highest BCUT2D eigenvalue weighted by atomic mass is 35.5. The molecule has 0 radical (unpaired) electrons. The van der Waals surface area contributed by atoms with Crippen molar-refractivity contribution in [3.05, 3.63) is 28.2 Å². The minimum atomic E-state index is -0.731. The van der Waals surface area contributed by atoms with Gasteiger partial charge in [0.25, 0.3) is 0 Å². The lowest BCUT2D eigenvalue weighted by molar-refractivity contribution is -0.136. The van der Waals surface area contributed by atoms with Gasteiger partial charge in [0.2, 0.25) is 0 Å². The molecule has 120 valence electrons. The van der Waals surface area contributed by atoms with E-state index in [9.17, 15) is 9.59 Å². The van der Waals surface area contributed by atoms with Crippen molar-refractivity contribution in [2.24, 2.45) is 5.92 Å². The fourth-order valence-corrected chi connectivity index (χ4v) is 3.08. The molecular weight excluding hydrogens is 323 g/mol. The zero-order valence-corrected chi connectivity index (χ0v) is 13.8. The Hall–Kier alpha value is -1.26. The Morgan fingerprint density at radius 1 is 1.14 bits per heavy atom. The molecule has 1 aliphatic rings. The molecule has 0 spiro atoms. The molecule has 6 heteroatoms. The molecule has 0 heterocycles. The van der Waals surface area contributed by atoms with Crippen molar-refractivity contribution in [2.45, 2.75) is 38.5 Å². The van der Waals surface area contributed by atoms with E-state index in [1.807, 2.05) is 0 Å². The fraction of sp³-hybridized carbons (Fsp3) is 0.500. The monoisotopic (exact) mass is 342 g/mol. The van der Waals surface area contributed by atoms with Gasteiger partial charge in [-0.1, -0.05) is 48.9 Å². The number of carbonyl (C=O) groups excluding carboxylic acids is 2. The van der Waals surface area contributed by atoms with Gasteiger partial charge in [-0.25, -0.2) is 0 Å². The van der Waals surface area contributed by atoms with Crippen LogP contribution in [0.4, 0.5) is 5.69 Å². The minimum Gasteiger partial charge on any atom is -0.348 e. The van der Waals surface area contributed by atoms with E-state index in [-0.39, 0.29) is 0 Å². The normalized spacial score (nSPS) is 14.8. The second-order valence-electron chi connectivity index (χ2n) is 5.63. The maximum atomic E-state index is 11.8. The van der Waals surface area contributed by atoms with Gasteiger partial charge in [-0.05, 0) is 37.0 Å². The molecular formula is C16H20Cl2N2O2. The van der Waals surface area contributed by atoms with Gasteiger partial charge in [-0.3, -0.25) is 9.59 Å². The van der Waals surface area contributed by atoms with Gasteiger partial charge in [0.05, 0.1) is 10.7 Å². The molecule has 0 atom stereocenters. The van der Waals surface area contributed by atoms with E-state index < -0.39 is 11.8 Å². The Morgan fingerprint density at radius 3 is 2.59 bits per heavy atom. The van der Waals surface area contributed by atoms with Gasteiger partial charge >= 0.3 is 11.8 Å². The number of hydrogen-bond donors (Lipinski definition) is 2. The Balaban J connectivity index is 1.72. The second kappa shape index (κ2) is 8.39. The zero-order chi connectivity index (χ0) is 15.9. The fourth-order valence-electron chi connectivity index (χ4n) is 2.74. The molecule has 1 fully saturated rings. The van der Waals surface area contributed by atoms with E-state index in [4.69, 9.17) is 23.2 Å². The van der Waals surface area contributed by atoms with Crippen LogP contribution in [0, 0.1) is 5.92 Å². The molecule has 0 unspecified atom stereocenters. The van der Waals surface area contributed by atoms with E-state index in [0.29, 0.717) is 22.3 Å². The summed E-state index contributed by atoms with van der Waals surface area (Å²) >= 11 is 11.8. The van der Waals surface area contributed by atoms with Gasteiger partial charge in [-0.2, -0.15) is 0 Å². The van der Waals surface area contributed by atoms with E-state index in [1.54, 1.807) is 12.1 Å². The Kier molecular flexibility index (Phi) is 6.52. The summed E-state index contributed by atoms with van der Waals surface area (Å²) in [6.45, 7) is 0.520. The standard InChI is InChI=1S/C16H20Cl2N2O2/c17-12-7-8-13(18)14(10-12)20-16(22)15(21)19-9-3-6-11-4-1-2-5-11/h7-8,10-11H,1-6,9H2,(H,19,21)(H,20,22). The first-order valence-electron chi connectivity index (χ1n) is 7.60. The van der Waals surface area contributed by atoms with Gasteiger partial charge in [0, 0.05) is 11.6 Å². The number of carbonyl (C=O) groups is 2. The second-order valence-corrected chi connectivity index (χ2v) is 6.47. The van der Waals surface area contributed by atoms with Gasteiger partial charge < -0.3 is 10.6 Å². The summed E-state index contributed by atoms with van der Waals surface area (Å²) in [4.78, 5) is 23.5. The van der Waals surface area contributed by atoms with E-state index in [0.717, 1.165) is 18.8 Å². The van der Waals surface area contributed by atoms with Gasteiger partial charge in [-0.15, -0.1) is 0 Å². The third-order valence-corrected chi connectivity index (χ3v) is 4.50. The van der Waals surface area contributed by atoms with Crippen LogP contribution < -0.4 is 10.6 Å². The molecule has 2 N–H and O–H groups in total. The molecule has 22 heavy (non-hydrogen) atoms. The predicted octanol–water partition coefficient (Wildman–Crippen LogP) is 4.02. The van der Waals surface area contributed by atoms with Crippen molar-refractivity contribution in [3.63, 3.8) is 0 Å². The molecule has 1 saturated carbocycles. The lowest BCUT2D eigenvalue weighted by atomic mass is 10.0. The maximum Gasteiger partial charge on any atom is 0.313 e. The van der Waals surface area contributed by atoms with E-state index in [2.05, 4.69) is 10.6 Å². The molecule has 4 nitrogen and oxygen atoms in total. The van der Waals surface area contributed by atoms with Crippen LogP contribution in [0.3, 0.4) is 0 Å². The van der Waals surface area contributed by atoms with Crippen molar-refractivity contribution in [1.82, 2.24) is 5.32 Å². The van der Waals surface area contributed by atoms with Crippen LogP contribution in [0.5, 0.6) is 0 Å². The van der Waals surface area contributed by atoms with E-state index >= 15 is 0 Å². The summed E-state index contributed by atoms with van der Waals surface area (Å²) in [7, 11) is 0. The molecule has 0 aliphatic heterocycles. The predicted molar refractivity (Wildman–Crippen MR) is 89.3 cm³/mol. The molecule has 2 rings (SSSR count). The SMILES string of the molecule is O=C(NCCCC1CCCC1)C(=O)Nc1cc(Cl)ccc1Cl. The summed E-state index contributed by atoms with van der Waals surface area (Å²) in [6.07, 6.45) is 7.24. The number of anilines is 1. The lowest BCUT2D eigenvalue weighted by Crippen LogP contribution is -2.36. The number of rotatable bonds is 5. The number of amides is 2. The largest absolute Gasteiger partial charge is 0.348 e. The summed E-state index contributed by atoms with van der Waals surface area (Å²) in [5.74, 6) is -0.594. The summed E-state index contributed by atoms with van der Waals surface area (Å²) in [6, 6.07) is 4.69. The molecule has 2 amide bonds. The third kappa shape index (κ3) is 5.18. The van der Waals surface area contributed by atoms with Crippen LogP contribution >= 0.6 is 23.2 Å². The highest BCUT2D eigenvalue weighted by molar-refractivity contribution is 6.42.